The molecule has 5 nitrogen and oxygen atoms in total. The molecule has 3 aliphatic heterocycles. The minimum absolute atomic E-state index is 0.394. The third-order valence-corrected chi connectivity index (χ3v) is 5.24. The number of hydrogen-bond acceptors (Lipinski definition) is 4. The van der Waals surface area contributed by atoms with E-state index < -0.39 is 0 Å². The number of nitrogens with zero attached hydrogens (tertiary/aromatic N) is 3. The quantitative estimate of drug-likeness (QED) is 0.665. The zero-order valence-corrected chi connectivity index (χ0v) is 18.0. The van der Waals surface area contributed by atoms with Crippen LogP contribution in [0, 0.1) is 5.92 Å². The first kappa shape index (κ1) is 25.1. The van der Waals surface area contributed by atoms with E-state index in [9.17, 15) is 4.79 Å². The van der Waals surface area contributed by atoms with Crippen LogP contribution in [0.1, 0.15) is 66.2 Å². The lowest BCUT2D eigenvalue weighted by Crippen LogP contribution is -2.39. The van der Waals surface area contributed by atoms with Crippen molar-refractivity contribution in [3.63, 3.8) is 0 Å². The molecule has 0 aliphatic carbocycles. The first-order valence-corrected chi connectivity index (χ1v) is 10.2. The lowest BCUT2D eigenvalue weighted by Gasteiger charge is -2.31. The van der Waals surface area contributed by atoms with Crippen molar-refractivity contribution in [2.24, 2.45) is 5.92 Å². The summed E-state index contributed by atoms with van der Waals surface area (Å²) in [5, 5.41) is 0. The molecule has 0 aromatic heterocycles. The van der Waals surface area contributed by atoms with Crippen LogP contribution in [-0.2, 0) is 9.59 Å². The molecule has 0 spiro atoms. The van der Waals surface area contributed by atoms with Gasteiger partial charge in [-0.1, -0.05) is 6.92 Å². The highest BCUT2D eigenvalue weighted by Crippen LogP contribution is 2.23. The van der Waals surface area contributed by atoms with Gasteiger partial charge in [0.2, 0.25) is 6.41 Å². The Kier molecular flexibility index (Phi) is 13.6. The van der Waals surface area contributed by atoms with Crippen molar-refractivity contribution >= 4 is 13.2 Å². The molecule has 3 aliphatic rings. The smallest absolute Gasteiger partial charge is 0.209 e. The van der Waals surface area contributed by atoms with Crippen molar-refractivity contribution in [2.45, 2.75) is 71.8 Å². The van der Waals surface area contributed by atoms with Crippen molar-refractivity contribution in [3.05, 3.63) is 0 Å². The molecule has 5 heteroatoms. The average molecular weight is 370 g/mol. The average Bonchev–Trinajstić information content (AvgIpc) is 3.29. The third-order valence-electron chi connectivity index (χ3n) is 5.24. The minimum atomic E-state index is 0.394. The molecule has 0 bridgehead atoms. The van der Waals surface area contributed by atoms with Gasteiger partial charge in [-0.2, -0.15) is 0 Å². The number of hydrogen-bond donors (Lipinski definition) is 0. The maximum atomic E-state index is 10.1. The molecule has 26 heavy (non-hydrogen) atoms. The lowest BCUT2D eigenvalue weighted by molar-refractivity contribution is -0.118. The van der Waals surface area contributed by atoms with Crippen LogP contribution < -0.4 is 0 Å². The Morgan fingerprint density at radius 3 is 1.62 bits per heavy atom. The molecular formula is C21H43N3O2. The van der Waals surface area contributed by atoms with Gasteiger partial charge in [-0.15, -0.1) is 0 Å². The first-order chi connectivity index (χ1) is 12.3. The molecule has 0 aromatic rings. The van der Waals surface area contributed by atoms with Crippen molar-refractivity contribution in [2.75, 3.05) is 46.3 Å². The molecule has 0 aromatic carbocycles. The summed E-state index contributed by atoms with van der Waals surface area (Å²) in [6, 6.07) is 0. The van der Waals surface area contributed by atoms with Gasteiger partial charge >= 0.3 is 0 Å². The van der Waals surface area contributed by atoms with E-state index in [2.05, 4.69) is 44.5 Å². The minimum Gasteiger partial charge on any atom is -0.345 e. The van der Waals surface area contributed by atoms with E-state index in [0.717, 1.165) is 25.4 Å². The zero-order valence-electron chi connectivity index (χ0n) is 18.0. The van der Waals surface area contributed by atoms with Crippen LogP contribution >= 0.6 is 0 Å². The summed E-state index contributed by atoms with van der Waals surface area (Å²) in [6.07, 6.45) is 8.84. The second-order valence-electron chi connectivity index (χ2n) is 8.72. The van der Waals surface area contributed by atoms with E-state index in [4.69, 9.17) is 4.79 Å². The molecule has 1 atom stereocenters. The molecule has 0 radical (unpaired) electrons. The van der Waals surface area contributed by atoms with Gasteiger partial charge in [-0.25, -0.2) is 0 Å². The fraction of sp³-hybridized carbons (Fsp3) is 0.905. The maximum Gasteiger partial charge on any atom is 0.209 e. The Morgan fingerprint density at radius 2 is 1.38 bits per heavy atom. The number of carbonyl (C=O) groups excluding carboxylic acids is 2. The summed E-state index contributed by atoms with van der Waals surface area (Å²) in [5.41, 5.74) is 0.394. The predicted molar refractivity (Wildman–Crippen MR) is 110 cm³/mol. The monoisotopic (exact) mass is 369 g/mol. The summed E-state index contributed by atoms with van der Waals surface area (Å²) in [4.78, 5) is 24.9. The molecule has 154 valence electrons. The second-order valence-corrected chi connectivity index (χ2v) is 8.72. The fourth-order valence-corrected chi connectivity index (χ4v) is 3.44. The molecule has 0 saturated carbocycles. The molecule has 1 amide bonds. The van der Waals surface area contributed by atoms with E-state index in [-0.39, 0.29) is 0 Å². The lowest BCUT2D eigenvalue weighted by atomic mass is 10.1. The van der Waals surface area contributed by atoms with Gasteiger partial charge in [0.15, 0.2) is 0 Å². The molecule has 3 rings (SSSR count). The normalized spacial score (nSPS) is 23.7. The van der Waals surface area contributed by atoms with Crippen LogP contribution in [0.25, 0.3) is 0 Å². The number of carbonyl (C=O) groups is 2. The van der Waals surface area contributed by atoms with Crippen molar-refractivity contribution in [1.82, 2.24) is 14.7 Å². The van der Waals surface area contributed by atoms with Gasteiger partial charge in [0.05, 0.1) is 0 Å². The number of rotatable bonds is 1. The summed E-state index contributed by atoms with van der Waals surface area (Å²) >= 11 is 0. The van der Waals surface area contributed by atoms with Crippen LogP contribution in [0.2, 0.25) is 0 Å². The maximum absolute atomic E-state index is 10.1. The summed E-state index contributed by atoms with van der Waals surface area (Å²) in [7, 11) is 2.17. The van der Waals surface area contributed by atoms with Crippen molar-refractivity contribution in [1.29, 1.82) is 0 Å². The standard InChI is InChI=1S/C9H19N.C6H11NO.C5H11N.CH2O/c1-8-5-6-10(7-8)9(2,3)4;8-6-7-4-2-1-3-5-7;1-6-4-2-3-5-6;1-2/h8H,5-7H2,1-4H3;6H,1-5H2;2-5H2,1H3;1H2. The SMILES string of the molecule is C=O.CC1CCN(C(C)(C)C)C1.CN1CCCC1.O=CN1CCCCC1. The highest BCUT2D eigenvalue weighted by molar-refractivity contribution is 5.46. The van der Waals surface area contributed by atoms with E-state index in [0.29, 0.717) is 5.54 Å². The number of amides is 1. The summed E-state index contributed by atoms with van der Waals surface area (Å²) < 4.78 is 0. The van der Waals surface area contributed by atoms with Gasteiger partial charge in [-0.3, -0.25) is 9.69 Å². The molecular weight excluding hydrogens is 326 g/mol. The van der Waals surface area contributed by atoms with Crippen LogP contribution in [0.15, 0.2) is 0 Å². The summed E-state index contributed by atoms with van der Waals surface area (Å²) in [5.74, 6) is 0.916. The largest absolute Gasteiger partial charge is 0.345 e. The Bertz CT molecular complexity index is 346. The Labute approximate surface area is 162 Å². The van der Waals surface area contributed by atoms with Crippen LogP contribution in [0.5, 0.6) is 0 Å². The molecule has 0 N–H and O–H groups in total. The fourth-order valence-electron chi connectivity index (χ4n) is 3.44. The topological polar surface area (TPSA) is 43.9 Å². The van der Waals surface area contributed by atoms with E-state index >= 15 is 0 Å². The van der Waals surface area contributed by atoms with Crippen LogP contribution in [0.4, 0.5) is 0 Å². The molecule has 3 fully saturated rings. The van der Waals surface area contributed by atoms with Gasteiger partial charge in [0.1, 0.15) is 6.79 Å². The highest BCUT2D eigenvalue weighted by Gasteiger charge is 2.27. The van der Waals surface area contributed by atoms with Crippen LogP contribution in [-0.4, -0.2) is 79.8 Å². The number of piperidine rings is 1. The van der Waals surface area contributed by atoms with Gasteiger partial charge in [-0.05, 0) is 91.9 Å². The molecule has 3 saturated heterocycles. The Morgan fingerprint density at radius 1 is 0.885 bits per heavy atom. The highest BCUT2D eigenvalue weighted by atomic mass is 16.1. The second kappa shape index (κ2) is 14.2. The summed E-state index contributed by atoms with van der Waals surface area (Å²) in [6.45, 7) is 18.4. The first-order valence-electron chi connectivity index (χ1n) is 10.2. The van der Waals surface area contributed by atoms with E-state index in [1.54, 1.807) is 0 Å². The molecule has 3 heterocycles. The van der Waals surface area contributed by atoms with Crippen LogP contribution in [0.3, 0.4) is 0 Å². The van der Waals surface area contributed by atoms with Crippen molar-refractivity contribution in [3.8, 4) is 0 Å². The zero-order chi connectivity index (χ0) is 20.0. The predicted octanol–water partition coefficient (Wildman–Crippen LogP) is 3.28. The Balaban J connectivity index is 0.000000353. The van der Waals surface area contributed by atoms with Gasteiger partial charge in [0.25, 0.3) is 0 Å². The third kappa shape index (κ3) is 11.6. The number of likely N-dealkylation sites (tertiary alicyclic amines) is 3. The Hall–Kier alpha value is -0.940. The van der Waals surface area contributed by atoms with Gasteiger partial charge < -0.3 is 14.6 Å². The van der Waals surface area contributed by atoms with Gasteiger partial charge in [0, 0.05) is 25.2 Å². The van der Waals surface area contributed by atoms with E-state index in [1.807, 2.05) is 11.7 Å². The molecule has 1 unspecified atom stereocenters. The van der Waals surface area contributed by atoms with E-state index in [1.165, 1.54) is 64.7 Å². The van der Waals surface area contributed by atoms with Crippen molar-refractivity contribution < 1.29 is 9.59 Å².